The van der Waals surface area contributed by atoms with Gasteiger partial charge in [0.2, 0.25) is 15.9 Å². The van der Waals surface area contributed by atoms with Crippen LogP contribution >= 0.6 is 0 Å². The van der Waals surface area contributed by atoms with Gasteiger partial charge in [-0.3, -0.25) is 0 Å². The molecule has 20 heavy (non-hydrogen) atoms. The minimum Gasteiger partial charge on any atom is -0.218 e. The van der Waals surface area contributed by atoms with E-state index >= 15 is 0 Å². The van der Waals surface area contributed by atoms with Crippen molar-refractivity contribution in [3.63, 3.8) is 0 Å². The highest BCUT2D eigenvalue weighted by molar-refractivity contribution is 8.01. The van der Waals surface area contributed by atoms with Gasteiger partial charge in [0.1, 0.15) is 0 Å². The third kappa shape index (κ3) is 1.90. The number of sulfone groups is 1. The number of hydrogen-bond acceptors (Lipinski definition) is 4. The molecule has 0 unspecified atom stereocenters. The lowest BCUT2D eigenvalue weighted by Crippen LogP contribution is -1.99. The second-order valence-electron chi connectivity index (χ2n) is 4.30. The topological polar surface area (TPSA) is 63.6 Å². The van der Waals surface area contributed by atoms with Gasteiger partial charge >= 0.3 is 0 Å². The van der Waals surface area contributed by atoms with Crippen molar-refractivity contribution in [2.24, 2.45) is 4.99 Å². The van der Waals surface area contributed by atoms with Crippen molar-refractivity contribution in [1.29, 1.82) is 0 Å². The SMILES string of the molecule is O=C=Nc1ccc(C2=Cc3ccccc3S2(=O)=O)cc1. The molecule has 2 aromatic carbocycles. The average molecular weight is 283 g/mol. The molecule has 5 heteroatoms. The maximum atomic E-state index is 12.4. The number of rotatable bonds is 2. The van der Waals surface area contributed by atoms with E-state index in [4.69, 9.17) is 0 Å². The summed E-state index contributed by atoms with van der Waals surface area (Å²) in [4.78, 5) is 14.2. The van der Waals surface area contributed by atoms with Crippen molar-refractivity contribution in [3.8, 4) is 0 Å². The minimum atomic E-state index is -3.47. The van der Waals surface area contributed by atoms with Crippen LogP contribution in [0.4, 0.5) is 5.69 Å². The van der Waals surface area contributed by atoms with Gasteiger partial charge in [0, 0.05) is 0 Å². The Labute approximate surface area is 116 Å². The second-order valence-corrected chi connectivity index (χ2v) is 6.19. The summed E-state index contributed by atoms with van der Waals surface area (Å²) >= 11 is 0. The van der Waals surface area contributed by atoms with Crippen LogP contribution in [-0.2, 0) is 14.6 Å². The monoisotopic (exact) mass is 283 g/mol. The molecule has 0 aliphatic carbocycles. The minimum absolute atomic E-state index is 0.264. The number of nitrogens with zero attached hydrogens (tertiary/aromatic N) is 1. The summed E-state index contributed by atoms with van der Waals surface area (Å²) in [6.45, 7) is 0. The Morgan fingerprint density at radius 1 is 0.950 bits per heavy atom. The standard InChI is InChI=1S/C15H9NO3S/c17-10-16-13-7-5-11(6-8-13)15-9-12-3-1-2-4-14(12)20(15,18)19/h1-9H. The normalized spacial score (nSPS) is 15.1. The summed E-state index contributed by atoms with van der Waals surface area (Å²) in [5.41, 5.74) is 1.71. The molecule has 0 fully saturated rings. The lowest BCUT2D eigenvalue weighted by atomic mass is 10.1. The Bertz CT molecular complexity index is 858. The highest BCUT2D eigenvalue weighted by atomic mass is 32.2. The number of aliphatic imine (C=N–C) groups is 1. The molecule has 1 aliphatic heterocycles. The Balaban J connectivity index is 2.11. The van der Waals surface area contributed by atoms with E-state index in [9.17, 15) is 13.2 Å². The zero-order chi connectivity index (χ0) is 14.2. The van der Waals surface area contributed by atoms with Gasteiger partial charge in [0.25, 0.3) is 0 Å². The van der Waals surface area contributed by atoms with Crippen LogP contribution in [0.1, 0.15) is 11.1 Å². The van der Waals surface area contributed by atoms with Crippen LogP contribution in [0, 0.1) is 0 Å². The first-order valence-electron chi connectivity index (χ1n) is 5.87. The van der Waals surface area contributed by atoms with Crippen molar-refractivity contribution >= 4 is 32.6 Å². The molecule has 0 radical (unpaired) electrons. The highest BCUT2D eigenvalue weighted by Gasteiger charge is 2.29. The van der Waals surface area contributed by atoms with Crippen LogP contribution in [-0.4, -0.2) is 14.5 Å². The van der Waals surface area contributed by atoms with Crippen molar-refractivity contribution < 1.29 is 13.2 Å². The summed E-state index contributed by atoms with van der Waals surface area (Å²) in [5, 5.41) is 0. The maximum absolute atomic E-state index is 12.4. The van der Waals surface area contributed by atoms with E-state index in [0.29, 0.717) is 21.7 Å². The van der Waals surface area contributed by atoms with E-state index in [2.05, 4.69) is 4.99 Å². The molecule has 3 rings (SSSR count). The third-order valence-electron chi connectivity index (χ3n) is 3.11. The zero-order valence-electron chi connectivity index (χ0n) is 10.3. The third-order valence-corrected chi connectivity index (χ3v) is 4.99. The van der Waals surface area contributed by atoms with E-state index in [1.807, 2.05) is 0 Å². The van der Waals surface area contributed by atoms with E-state index in [1.165, 1.54) is 6.08 Å². The largest absolute Gasteiger partial charge is 0.240 e. The number of carbonyl (C=O) groups excluding carboxylic acids is 1. The maximum Gasteiger partial charge on any atom is 0.240 e. The number of benzene rings is 2. The van der Waals surface area contributed by atoms with E-state index < -0.39 is 9.84 Å². The predicted octanol–water partition coefficient (Wildman–Crippen LogP) is 2.94. The van der Waals surface area contributed by atoms with Gasteiger partial charge in [0.05, 0.1) is 15.5 Å². The molecule has 98 valence electrons. The van der Waals surface area contributed by atoms with Gasteiger partial charge in [-0.05, 0) is 35.4 Å². The van der Waals surface area contributed by atoms with Gasteiger partial charge in [-0.1, -0.05) is 30.3 Å². The summed E-state index contributed by atoms with van der Waals surface area (Å²) in [6.07, 6.45) is 3.10. The summed E-state index contributed by atoms with van der Waals surface area (Å²) in [7, 11) is -3.47. The number of fused-ring (bicyclic) bond motifs is 1. The first-order valence-corrected chi connectivity index (χ1v) is 7.35. The molecule has 0 saturated heterocycles. The molecular formula is C15H9NO3S. The van der Waals surface area contributed by atoms with Crippen molar-refractivity contribution in [1.82, 2.24) is 0 Å². The van der Waals surface area contributed by atoms with Gasteiger partial charge in [-0.15, -0.1) is 0 Å². The zero-order valence-corrected chi connectivity index (χ0v) is 11.1. The molecule has 0 amide bonds. The molecule has 0 N–H and O–H groups in total. The smallest absolute Gasteiger partial charge is 0.218 e. The highest BCUT2D eigenvalue weighted by Crippen LogP contribution is 2.38. The van der Waals surface area contributed by atoms with Crippen molar-refractivity contribution in [3.05, 3.63) is 59.7 Å². The Hall–Kier alpha value is -2.49. The first kappa shape index (κ1) is 12.5. The Morgan fingerprint density at radius 3 is 2.30 bits per heavy atom. The van der Waals surface area contributed by atoms with Gasteiger partial charge < -0.3 is 0 Å². The van der Waals surface area contributed by atoms with Crippen LogP contribution in [0.3, 0.4) is 0 Å². The lowest BCUT2D eigenvalue weighted by molar-refractivity contribution is 0.565. The molecule has 1 heterocycles. The van der Waals surface area contributed by atoms with E-state index in [-0.39, 0.29) is 4.91 Å². The molecule has 2 aromatic rings. The van der Waals surface area contributed by atoms with Crippen molar-refractivity contribution in [2.75, 3.05) is 0 Å². The fourth-order valence-corrected chi connectivity index (χ4v) is 3.83. The molecular weight excluding hydrogens is 274 g/mol. The summed E-state index contributed by atoms with van der Waals surface area (Å²) in [5.74, 6) is 0. The molecule has 0 saturated carbocycles. The van der Waals surface area contributed by atoms with Crippen LogP contribution in [0.5, 0.6) is 0 Å². The quantitative estimate of drug-likeness (QED) is 0.628. The molecule has 1 aliphatic rings. The fourth-order valence-electron chi connectivity index (χ4n) is 2.17. The Morgan fingerprint density at radius 2 is 1.65 bits per heavy atom. The van der Waals surface area contributed by atoms with Crippen LogP contribution < -0.4 is 0 Å². The molecule has 0 bridgehead atoms. The van der Waals surface area contributed by atoms with E-state index in [1.54, 1.807) is 54.6 Å². The number of isocyanates is 1. The Kier molecular flexibility index (Phi) is 2.86. The van der Waals surface area contributed by atoms with Gasteiger partial charge in [-0.25, -0.2) is 13.2 Å². The second kappa shape index (κ2) is 4.56. The first-order chi connectivity index (χ1) is 9.63. The van der Waals surface area contributed by atoms with Gasteiger partial charge in [-0.2, -0.15) is 4.99 Å². The van der Waals surface area contributed by atoms with Crippen LogP contribution in [0.25, 0.3) is 11.0 Å². The predicted molar refractivity (Wildman–Crippen MR) is 75.7 cm³/mol. The number of hydrogen-bond donors (Lipinski definition) is 0. The van der Waals surface area contributed by atoms with Crippen molar-refractivity contribution in [2.45, 2.75) is 4.90 Å². The molecule has 0 aromatic heterocycles. The molecule has 0 spiro atoms. The van der Waals surface area contributed by atoms with Crippen LogP contribution in [0.2, 0.25) is 0 Å². The van der Waals surface area contributed by atoms with E-state index in [0.717, 1.165) is 0 Å². The molecule has 4 nitrogen and oxygen atoms in total. The average Bonchev–Trinajstić information content (AvgIpc) is 2.72. The summed E-state index contributed by atoms with van der Waals surface area (Å²) in [6, 6.07) is 13.3. The molecule has 0 atom stereocenters. The summed E-state index contributed by atoms with van der Waals surface area (Å²) < 4.78 is 24.9. The fraction of sp³-hybridized carbons (Fsp3) is 0. The lowest BCUT2D eigenvalue weighted by Gasteiger charge is -2.04. The van der Waals surface area contributed by atoms with Crippen LogP contribution in [0.15, 0.2) is 58.4 Å². The van der Waals surface area contributed by atoms with Gasteiger partial charge in [0.15, 0.2) is 0 Å².